The van der Waals surface area contributed by atoms with Gasteiger partial charge in [0.25, 0.3) is 0 Å². The zero-order chi connectivity index (χ0) is 13.8. The van der Waals surface area contributed by atoms with Crippen molar-refractivity contribution in [2.75, 3.05) is 7.11 Å². The predicted molar refractivity (Wildman–Crippen MR) is 70.5 cm³/mol. The van der Waals surface area contributed by atoms with E-state index in [9.17, 15) is 9.18 Å². The molecule has 0 fully saturated rings. The highest BCUT2D eigenvalue weighted by Crippen LogP contribution is 2.36. The second-order valence-electron chi connectivity index (χ2n) is 3.70. The van der Waals surface area contributed by atoms with Crippen molar-refractivity contribution < 1.29 is 19.0 Å². The highest BCUT2D eigenvalue weighted by Gasteiger charge is 2.10. The van der Waals surface area contributed by atoms with Crippen molar-refractivity contribution in [3.8, 4) is 5.75 Å². The minimum absolute atomic E-state index is 0.190. The predicted octanol–water partition coefficient (Wildman–Crippen LogP) is 3.68. The average molecular weight is 278 g/mol. The summed E-state index contributed by atoms with van der Waals surface area (Å²) in [6.45, 7) is 0. The maximum atomic E-state index is 13.5. The number of hydrogen-bond acceptors (Lipinski definition) is 3. The molecular weight excluding hydrogens is 267 g/mol. The minimum Gasteiger partial charge on any atom is -0.492 e. The summed E-state index contributed by atoms with van der Waals surface area (Å²) in [5.74, 6) is -1.20. The van der Waals surface area contributed by atoms with Crippen LogP contribution in [-0.4, -0.2) is 18.2 Å². The largest absolute Gasteiger partial charge is 0.492 e. The fourth-order valence-electron chi connectivity index (χ4n) is 1.56. The lowest BCUT2D eigenvalue weighted by Gasteiger charge is -2.08. The third-order valence-electron chi connectivity index (χ3n) is 2.46. The van der Waals surface area contributed by atoms with Crippen LogP contribution in [0.15, 0.2) is 52.3 Å². The van der Waals surface area contributed by atoms with E-state index in [1.54, 1.807) is 24.3 Å². The highest BCUT2D eigenvalue weighted by molar-refractivity contribution is 7.99. The summed E-state index contributed by atoms with van der Waals surface area (Å²) in [5, 5.41) is 8.81. The fourth-order valence-corrected chi connectivity index (χ4v) is 2.51. The van der Waals surface area contributed by atoms with Crippen LogP contribution < -0.4 is 4.74 Å². The number of carbonyl (C=O) groups is 1. The summed E-state index contributed by atoms with van der Waals surface area (Å²) in [6, 6.07) is 11.1. The second-order valence-corrected chi connectivity index (χ2v) is 4.82. The van der Waals surface area contributed by atoms with Crippen LogP contribution >= 0.6 is 11.8 Å². The second kappa shape index (κ2) is 5.75. The zero-order valence-electron chi connectivity index (χ0n) is 10.1. The van der Waals surface area contributed by atoms with Crippen LogP contribution in [0.25, 0.3) is 0 Å². The molecule has 0 heterocycles. The molecule has 0 radical (unpaired) electrons. The highest BCUT2D eigenvalue weighted by atomic mass is 32.2. The first-order valence-electron chi connectivity index (χ1n) is 5.45. The van der Waals surface area contributed by atoms with Crippen molar-refractivity contribution in [3.63, 3.8) is 0 Å². The standard InChI is InChI=1S/C14H11FO3S/c1-18-13-11(15)3-2-4-12(13)19-10-7-5-9(6-8-10)14(16)17/h2-8H,1H3,(H,16,17). The third-order valence-corrected chi connectivity index (χ3v) is 3.51. The Balaban J connectivity index is 2.26. The molecule has 3 nitrogen and oxygen atoms in total. The number of carboxylic acids is 1. The Kier molecular flexibility index (Phi) is 4.06. The lowest BCUT2D eigenvalue weighted by molar-refractivity contribution is 0.0697. The normalized spacial score (nSPS) is 10.2. The summed E-state index contributed by atoms with van der Waals surface area (Å²) in [6.07, 6.45) is 0. The van der Waals surface area contributed by atoms with Crippen molar-refractivity contribution in [1.29, 1.82) is 0 Å². The number of benzene rings is 2. The van der Waals surface area contributed by atoms with Gasteiger partial charge in [-0.05, 0) is 36.4 Å². The first-order chi connectivity index (χ1) is 9.11. The molecule has 98 valence electrons. The van der Waals surface area contributed by atoms with Crippen LogP contribution in [0.4, 0.5) is 4.39 Å². The summed E-state index contributed by atoms with van der Waals surface area (Å²) >= 11 is 1.32. The summed E-state index contributed by atoms with van der Waals surface area (Å²) in [5.41, 5.74) is 0.218. The molecule has 2 aromatic carbocycles. The zero-order valence-corrected chi connectivity index (χ0v) is 10.9. The molecule has 0 bridgehead atoms. The summed E-state index contributed by atoms with van der Waals surface area (Å²) in [4.78, 5) is 12.2. The van der Waals surface area contributed by atoms with Crippen LogP contribution in [0, 0.1) is 5.82 Å². The van der Waals surface area contributed by atoms with E-state index in [0.717, 1.165) is 4.90 Å². The van der Waals surface area contributed by atoms with Gasteiger partial charge >= 0.3 is 5.97 Å². The lowest BCUT2D eigenvalue weighted by atomic mass is 10.2. The maximum absolute atomic E-state index is 13.5. The minimum atomic E-state index is -0.972. The molecule has 0 saturated heterocycles. The first kappa shape index (κ1) is 13.4. The van der Waals surface area contributed by atoms with Gasteiger partial charge in [0.05, 0.1) is 17.6 Å². The number of hydrogen-bond donors (Lipinski definition) is 1. The number of carboxylic acid groups (broad SMARTS) is 1. The van der Waals surface area contributed by atoms with Gasteiger partial charge in [-0.2, -0.15) is 0 Å². The topological polar surface area (TPSA) is 46.5 Å². The quantitative estimate of drug-likeness (QED) is 0.926. The van der Waals surface area contributed by atoms with Gasteiger partial charge in [0.2, 0.25) is 0 Å². The van der Waals surface area contributed by atoms with Crippen LogP contribution in [-0.2, 0) is 0 Å². The van der Waals surface area contributed by atoms with Gasteiger partial charge in [-0.25, -0.2) is 9.18 Å². The van der Waals surface area contributed by atoms with Crippen molar-refractivity contribution >= 4 is 17.7 Å². The van der Waals surface area contributed by atoms with E-state index in [1.165, 1.54) is 37.1 Å². The third kappa shape index (κ3) is 3.06. The van der Waals surface area contributed by atoms with Gasteiger partial charge in [-0.15, -0.1) is 0 Å². The van der Waals surface area contributed by atoms with E-state index in [2.05, 4.69) is 0 Å². The Morgan fingerprint density at radius 2 is 1.89 bits per heavy atom. The van der Waals surface area contributed by atoms with Gasteiger partial charge in [-0.3, -0.25) is 0 Å². The molecule has 0 aliphatic rings. The number of halogens is 1. The van der Waals surface area contributed by atoms with E-state index in [1.807, 2.05) is 0 Å². The molecule has 0 aliphatic heterocycles. The molecule has 0 amide bonds. The van der Waals surface area contributed by atoms with E-state index >= 15 is 0 Å². The van der Waals surface area contributed by atoms with Gasteiger partial charge in [0.1, 0.15) is 0 Å². The van der Waals surface area contributed by atoms with Crippen LogP contribution in [0.3, 0.4) is 0 Å². The Morgan fingerprint density at radius 3 is 2.47 bits per heavy atom. The Hall–Kier alpha value is -2.01. The molecule has 19 heavy (non-hydrogen) atoms. The summed E-state index contributed by atoms with van der Waals surface area (Å²) < 4.78 is 18.5. The molecule has 1 N–H and O–H groups in total. The van der Waals surface area contributed by atoms with Gasteiger partial charge in [-0.1, -0.05) is 17.8 Å². The number of ether oxygens (including phenoxy) is 1. The Morgan fingerprint density at radius 1 is 1.21 bits per heavy atom. The van der Waals surface area contributed by atoms with E-state index in [4.69, 9.17) is 9.84 Å². The fraction of sp³-hybridized carbons (Fsp3) is 0.0714. The van der Waals surface area contributed by atoms with Gasteiger partial charge in [0.15, 0.2) is 11.6 Å². The van der Waals surface area contributed by atoms with Crippen molar-refractivity contribution in [3.05, 3.63) is 53.8 Å². The monoisotopic (exact) mass is 278 g/mol. The van der Waals surface area contributed by atoms with Crippen molar-refractivity contribution in [2.45, 2.75) is 9.79 Å². The van der Waals surface area contributed by atoms with Crippen molar-refractivity contribution in [1.82, 2.24) is 0 Å². The molecule has 0 spiro atoms. The maximum Gasteiger partial charge on any atom is 0.335 e. The van der Waals surface area contributed by atoms with E-state index in [0.29, 0.717) is 4.90 Å². The number of methoxy groups -OCH3 is 1. The first-order valence-corrected chi connectivity index (χ1v) is 6.27. The van der Waals surface area contributed by atoms with Gasteiger partial charge in [0, 0.05) is 4.90 Å². The molecule has 0 unspecified atom stereocenters. The summed E-state index contributed by atoms with van der Waals surface area (Å²) in [7, 11) is 1.41. The Bertz CT molecular complexity index is 596. The van der Waals surface area contributed by atoms with Crippen LogP contribution in [0.5, 0.6) is 5.75 Å². The van der Waals surface area contributed by atoms with Crippen molar-refractivity contribution in [2.24, 2.45) is 0 Å². The average Bonchev–Trinajstić information content (AvgIpc) is 2.39. The Labute approximate surface area is 114 Å². The van der Waals surface area contributed by atoms with E-state index in [-0.39, 0.29) is 11.3 Å². The molecule has 5 heteroatoms. The molecule has 0 aliphatic carbocycles. The van der Waals surface area contributed by atoms with Crippen LogP contribution in [0.2, 0.25) is 0 Å². The SMILES string of the molecule is COc1c(F)cccc1Sc1ccc(C(=O)O)cc1. The molecule has 0 saturated carbocycles. The smallest absolute Gasteiger partial charge is 0.335 e. The number of para-hydroxylation sites is 1. The molecule has 0 aromatic heterocycles. The molecule has 2 aromatic rings. The molecule has 0 atom stereocenters. The molecular formula is C14H11FO3S. The van der Waals surface area contributed by atoms with Crippen LogP contribution in [0.1, 0.15) is 10.4 Å². The lowest BCUT2D eigenvalue weighted by Crippen LogP contribution is -1.95. The number of rotatable bonds is 4. The van der Waals surface area contributed by atoms with Gasteiger partial charge < -0.3 is 9.84 Å². The van der Waals surface area contributed by atoms with E-state index < -0.39 is 11.8 Å². The molecule has 2 rings (SSSR count). The number of aromatic carboxylic acids is 1.